The number of nitrogens with zero attached hydrogens (tertiary/aromatic N) is 1. The standard InChI is InChI=1S/C25H18FN3O3S/c1-16-6-12-19(13-7-16)33(31,32)29-18-10-8-17(9-11-18)24-14-21(22(15-27)25(30)28-24)20-4-2-3-5-23(20)26/h2-14,29H,1H3,(H,28,30). The van der Waals surface area contributed by atoms with Gasteiger partial charge in [-0.3, -0.25) is 9.52 Å². The zero-order valence-electron chi connectivity index (χ0n) is 17.5. The summed E-state index contributed by atoms with van der Waals surface area (Å²) >= 11 is 0. The second-order valence-electron chi connectivity index (χ2n) is 7.39. The van der Waals surface area contributed by atoms with E-state index in [1.807, 2.05) is 13.0 Å². The van der Waals surface area contributed by atoms with Crippen molar-refractivity contribution in [3.8, 4) is 28.5 Å². The van der Waals surface area contributed by atoms with Gasteiger partial charge in [0.2, 0.25) is 0 Å². The minimum Gasteiger partial charge on any atom is -0.321 e. The average molecular weight is 460 g/mol. The number of H-pyrrole nitrogens is 1. The first-order chi connectivity index (χ1) is 15.8. The van der Waals surface area contributed by atoms with Crippen molar-refractivity contribution in [2.45, 2.75) is 11.8 Å². The Hall–Kier alpha value is -4.22. The number of nitriles is 1. The number of aromatic amines is 1. The fourth-order valence-corrected chi connectivity index (χ4v) is 4.43. The van der Waals surface area contributed by atoms with E-state index in [4.69, 9.17) is 0 Å². The Kier molecular flexibility index (Phi) is 5.82. The highest BCUT2D eigenvalue weighted by molar-refractivity contribution is 7.92. The summed E-state index contributed by atoms with van der Waals surface area (Å²) < 4.78 is 42.0. The first-order valence-corrected chi connectivity index (χ1v) is 11.4. The fourth-order valence-electron chi connectivity index (χ4n) is 3.37. The van der Waals surface area contributed by atoms with Crippen LogP contribution in [0, 0.1) is 24.1 Å². The summed E-state index contributed by atoms with van der Waals surface area (Å²) in [6, 6.07) is 22.1. The van der Waals surface area contributed by atoms with Gasteiger partial charge in [-0.25, -0.2) is 12.8 Å². The molecule has 4 rings (SSSR count). The molecular formula is C25H18FN3O3S. The second kappa shape index (κ2) is 8.73. The van der Waals surface area contributed by atoms with Crippen LogP contribution in [-0.2, 0) is 10.0 Å². The molecule has 0 bridgehead atoms. The number of pyridine rings is 1. The molecule has 1 heterocycles. The summed E-state index contributed by atoms with van der Waals surface area (Å²) in [5.41, 5.74) is 1.71. The average Bonchev–Trinajstić information content (AvgIpc) is 2.79. The molecular weight excluding hydrogens is 441 g/mol. The number of hydrogen-bond acceptors (Lipinski definition) is 4. The lowest BCUT2D eigenvalue weighted by Crippen LogP contribution is -2.13. The van der Waals surface area contributed by atoms with Gasteiger partial charge in [-0.15, -0.1) is 0 Å². The van der Waals surface area contributed by atoms with Crippen molar-refractivity contribution in [3.05, 3.63) is 106 Å². The van der Waals surface area contributed by atoms with Crippen molar-refractivity contribution in [3.63, 3.8) is 0 Å². The topological polar surface area (TPSA) is 103 Å². The van der Waals surface area contributed by atoms with Crippen LogP contribution in [-0.4, -0.2) is 13.4 Å². The number of sulfonamides is 1. The summed E-state index contributed by atoms with van der Waals surface area (Å²) in [7, 11) is -3.76. The molecule has 0 spiro atoms. The Bertz CT molecular complexity index is 1540. The van der Waals surface area contributed by atoms with Gasteiger partial charge in [-0.1, -0.05) is 48.0 Å². The molecule has 0 saturated carbocycles. The number of aromatic nitrogens is 1. The Balaban J connectivity index is 1.68. The van der Waals surface area contributed by atoms with Crippen molar-refractivity contribution in [2.24, 2.45) is 0 Å². The van der Waals surface area contributed by atoms with Gasteiger partial charge in [-0.2, -0.15) is 5.26 Å². The van der Waals surface area contributed by atoms with Gasteiger partial charge < -0.3 is 4.98 Å². The van der Waals surface area contributed by atoms with Crippen molar-refractivity contribution < 1.29 is 12.8 Å². The van der Waals surface area contributed by atoms with E-state index in [-0.39, 0.29) is 21.6 Å². The van der Waals surface area contributed by atoms with E-state index in [1.54, 1.807) is 42.5 Å². The van der Waals surface area contributed by atoms with Crippen molar-refractivity contribution in [2.75, 3.05) is 4.72 Å². The lowest BCUT2D eigenvalue weighted by Gasteiger charge is -2.11. The Morgan fingerprint density at radius 1 is 0.939 bits per heavy atom. The lowest BCUT2D eigenvalue weighted by molar-refractivity contribution is 0.601. The number of aryl methyl sites for hydroxylation is 1. The zero-order chi connectivity index (χ0) is 23.6. The molecule has 0 aliphatic rings. The molecule has 164 valence electrons. The van der Waals surface area contributed by atoms with Gasteiger partial charge in [0.1, 0.15) is 17.4 Å². The molecule has 0 radical (unpaired) electrons. The quantitative estimate of drug-likeness (QED) is 0.446. The maximum Gasteiger partial charge on any atom is 0.266 e. The molecule has 0 amide bonds. The van der Waals surface area contributed by atoms with Crippen LogP contribution in [0.15, 0.2) is 88.6 Å². The smallest absolute Gasteiger partial charge is 0.266 e. The molecule has 0 aliphatic carbocycles. The first-order valence-electron chi connectivity index (χ1n) is 9.91. The highest BCUT2D eigenvalue weighted by atomic mass is 32.2. The second-order valence-corrected chi connectivity index (χ2v) is 9.07. The first kappa shape index (κ1) is 22.0. The maximum absolute atomic E-state index is 14.3. The molecule has 0 fully saturated rings. The van der Waals surface area contributed by atoms with Gasteiger partial charge in [0, 0.05) is 22.5 Å². The normalized spacial score (nSPS) is 11.1. The summed E-state index contributed by atoms with van der Waals surface area (Å²) in [6.07, 6.45) is 0. The van der Waals surface area contributed by atoms with Crippen molar-refractivity contribution in [1.29, 1.82) is 5.26 Å². The number of rotatable bonds is 5. The number of halogens is 1. The van der Waals surface area contributed by atoms with Crippen LogP contribution in [0.2, 0.25) is 0 Å². The third-order valence-electron chi connectivity index (χ3n) is 5.09. The molecule has 33 heavy (non-hydrogen) atoms. The maximum atomic E-state index is 14.3. The van der Waals surface area contributed by atoms with E-state index in [2.05, 4.69) is 9.71 Å². The summed E-state index contributed by atoms with van der Waals surface area (Å²) in [4.78, 5) is 15.3. The van der Waals surface area contributed by atoms with Crippen molar-refractivity contribution in [1.82, 2.24) is 4.98 Å². The SMILES string of the molecule is Cc1ccc(S(=O)(=O)Nc2ccc(-c3cc(-c4ccccc4F)c(C#N)c(=O)[nH]3)cc2)cc1. The van der Waals surface area contributed by atoms with Crippen LogP contribution in [0.3, 0.4) is 0 Å². The minimum absolute atomic E-state index is 0.142. The van der Waals surface area contributed by atoms with E-state index in [0.717, 1.165) is 5.56 Å². The summed E-state index contributed by atoms with van der Waals surface area (Å²) in [5, 5.41) is 9.41. The Morgan fingerprint density at radius 3 is 2.24 bits per heavy atom. The minimum atomic E-state index is -3.76. The van der Waals surface area contributed by atoms with Gasteiger partial charge in [0.15, 0.2) is 0 Å². The monoisotopic (exact) mass is 459 g/mol. The van der Waals surface area contributed by atoms with E-state index in [1.165, 1.54) is 36.4 Å². The molecule has 3 aromatic carbocycles. The highest BCUT2D eigenvalue weighted by Gasteiger charge is 2.16. The molecule has 0 saturated heterocycles. The summed E-state index contributed by atoms with van der Waals surface area (Å²) in [6.45, 7) is 1.87. The van der Waals surface area contributed by atoms with Crippen LogP contribution < -0.4 is 10.3 Å². The van der Waals surface area contributed by atoms with Gasteiger partial charge >= 0.3 is 0 Å². The lowest BCUT2D eigenvalue weighted by atomic mass is 9.98. The molecule has 0 aliphatic heterocycles. The van der Waals surface area contributed by atoms with Crippen LogP contribution in [0.4, 0.5) is 10.1 Å². The largest absolute Gasteiger partial charge is 0.321 e. The molecule has 0 unspecified atom stereocenters. The van der Waals surface area contributed by atoms with Crippen LogP contribution >= 0.6 is 0 Å². The van der Waals surface area contributed by atoms with Gasteiger partial charge in [0.25, 0.3) is 15.6 Å². The number of benzene rings is 3. The Labute approximate surface area is 190 Å². The third-order valence-corrected chi connectivity index (χ3v) is 6.49. The predicted octanol–water partition coefficient (Wildman–Crippen LogP) is 4.83. The number of anilines is 1. The molecule has 8 heteroatoms. The third kappa shape index (κ3) is 4.54. The van der Waals surface area contributed by atoms with E-state index < -0.39 is 21.4 Å². The van der Waals surface area contributed by atoms with Crippen LogP contribution in [0.1, 0.15) is 11.1 Å². The highest BCUT2D eigenvalue weighted by Crippen LogP contribution is 2.29. The van der Waals surface area contributed by atoms with Gasteiger partial charge in [0.05, 0.1) is 4.90 Å². The number of nitrogens with one attached hydrogen (secondary N) is 2. The molecule has 1 aromatic heterocycles. The molecule has 6 nitrogen and oxygen atoms in total. The van der Waals surface area contributed by atoms with Crippen molar-refractivity contribution >= 4 is 15.7 Å². The zero-order valence-corrected chi connectivity index (χ0v) is 18.3. The summed E-state index contributed by atoms with van der Waals surface area (Å²) in [5.74, 6) is -0.550. The fraction of sp³-hybridized carbons (Fsp3) is 0.0400. The van der Waals surface area contributed by atoms with E-state index in [0.29, 0.717) is 16.9 Å². The predicted molar refractivity (Wildman–Crippen MR) is 125 cm³/mol. The van der Waals surface area contributed by atoms with Crippen LogP contribution in [0.5, 0.6) is 0 Å². The van der Waals surface area contributed by atoms with E-state index in [9.17, 15) is 22.9 Å². The molecule has 2 N–H and O–H groups in total. The van der Waals surface area contributed by atoms with Gasteiger partial charge in [-0.05, 0) is 48.9 Å². The Morgan fingerprint density at radius 2 is 1.61 bits per heavy atom. The van der Waals surface area contributed by atoms with E-state index >= 15 is 0 Å². The molecule has 0 atom stereocenters. The van der Waals surface area contributed by atoms with Crippen LogP contribution in [0.25, 0.3) is 22.4 Å². The number of hydrogen-bond donors (Lipinski definition) is 2. The molecule has 4 aromatic rings.